The van der Waals surface area contributed by atoms with Crippen LogP contribution in [0.5, 0.6) is 0 Å². The Balaban J connectivity index is 1.74. The monoisotopic (exact) mass is 377 g/mol. The van der Waals surface area contributed by atoms with Crippen molar-refractivity contribution in [2.24, 2.45) is 0 Å². The largest absolute Gasteiger partial charge is 0.464 e. The van der Waals surface area contributed by atoms with Gasteiger partial charge in [0.2, 0.25) is 5.91 Å². The van der Waals surface area contributed by atoms with Gasteiger partial charge in [-0.1, -0.05) is 0 Å². The van der Waals surface area contributed by atoms with E-state index >= 15 is 0 Å². The number of hydrogen-bond acceptors (Lipinski definition) is 5. The number of fused-ring (bicyclic) bond motifs is 1. The van der Waals surface area contributed by atoms with Gasteiger partial charge in [0.15, 0.2) is 0 Å². The number of halogens is 1. The van der Waals surface area contributed by atoms with E-state index in [2.05, 4.69) is 15.2 Å². The van der Waals surface area contributed by atoms with Gasteiger partial charge in [-0.15, -0.1) is 0 Å². The zero-order chi connectivity index (χ0) is 19.6. The van der Waals surface area contributed by atoms with Gasteiger partial charge in [0.1, 0.15) is 11.5 Å². The number of carbonyl (C=O) groups is 2. The van der Waals surface area contributed by atoms with Crippen molar-refractivity contribution >= 4 is 28.5 Å². The van der Waals surface area contributed by atoms with Crippen LogP contribution in [0.2, 0.25) is 0 Å². The Morgan fingerprint density at radius 1 is 1.33 bits per heavy atom. The number of benzene rings is 1. The number of hydrogen-bond donors (Lipinski definition) is 2. The number of esters is 1. The van der Waals surface area contributed by atoms with E-state index in [1.54, 1.807) is 0 Å². The minimum absolute atomic E-state index is 0.0973. The Kier molecular flexibility index (Phi) is 5.76. The average molecular weight is 377 g/mol. The van der Waals surface area contributed by atoms with Crippen molar-refractivity contribution in [2.45, 2.75) is 32.5 Å². The number of anilines is 1. The normalized spacial score (nSPS) is 20.6. The van der Waals surface area contributed by atoms with Crippen LogP contribution in [-0.4, -0.2) is 60.7 Å². The Bertz CT molecular complexity index is 841. The molecule has 0 bridgehead atoms. The molecule has 0 spiro atoms. The minimum Gasteiger partial charge on any atom is -0.464 e. The van der Waals surface area contributed by atoms with Crippen LogP contribution in [-0.2, 0) is 14.3 Å². The zero-order valence-electron chi connectivity index (χ0n) is 15.7. The van der Waals surface area contributed by atoms with E-state index in [0.717, 1.165) is 13.1 Å². The van der Waals surface area contributed by atoms with E-state index in [4.69, 9.17) is 9.47 Å². The van der Waals surface area contributed by atoms with E-state index in [1.807, 2.05) is 13.8 Å². The molecule has 2 N–H and O–H groups in total. The number of carbonyl (C=O) groups excluding carboxylic acids is 2. The van der Waals surface area contributed by atoms with Crippen LogP contribution in [0.1, 0.15) is 30.8 Å². The zero-order valence-corrected chi connectivity index (χ0v) is 15.7. The molecule has 1 aliphatic rings. The second-order valence-electron chi connectivity index (χ2n) is 6.87. The third-order valence-corrected chi connectivity index (χ3v) is 4.56. The van der Waals surface area contributed by atoms with Crippen LogP contribution >= 0.6 is 0 Å². The highest BCUT2D eigenvalue weighted by molar-refractivity contribution is 6.10. The van der Waals surface area contributed by atoms with E-state index in [0.29, 0.717) is 17.4 Å². The van der Waals surface area contributed by atoms with Gasteiger partial charge in [-0.3, -0.25) is 9.69 Å². The maximum absolute atomic E-state index is 13.6. The van der Waals surface area contributed by atoms with Crippen LogP contribution in [0.25, 0.3) is 10.9 Å². The lowest BCUT2D eigenvalue weighted by molar-refractivity contribution is -0.117. The van der Waals surface area contributed by atoms with Gasteiger partial charge in [0.25, 0.3) is 0 Å². The standard InChI is InChI=1S/C19H24FN3O4/c1-11-9-23(10-12(2)27-11)7-6-16(24)22-17-14-8-13(20)4-5-15(14)21-18(17)19(25)26-3/h4-5,8,11-12,21H,6-7,9-10H2,1-3H3,(H,22,24)/t11-,12-/m0/s1. The molecule has 1 fully saturated rings. The smallest absolute Gasteiger partial charge is 0.356 e. The van der Waals surface area contributed by atoms with E-state index in [1.165, 1.54) is 25.3 Å². The molecule has 7 nitrogen and oxygen atoms in total. The first-order chi connectivity index (χ1) is 12.9. The van der Waals surface area contributed by atoms with Crippen molar-refractivity contribution in [3.05, 3.63) is 29.7 Å². The average Bonchev–Trinajstić information content (AvgIpc) is 2.96. The maximum Gasteiger partial charge on any atom is 0.356 e. The molecule has 1 aliphatic heterocycles. The van der Waals surface area contributed by atoms with Crippen LogP contribution in [0.15, 0.2) is 18.2 Å². The molecule has 0 aliphatic carbocycles. The number of morpholine rings is 1. The molecule has 8 heteroatoms. The van der Waals surface area contributed by atoms with Crippen molar-refractivity contribution in [3.8, 4) is 0 Å². The summed E-state index contributed by atoms with van der Waals surface area (Å²) >= 11 is 0. The summed E-state index contributed by atoms with van der Waals surface area (Å²) in [7, 11) is 1.25. The molecule has 0 radical (unpaired) electrons. The third kappa shape index (κ3) is 4.45. The first-order valence-electron chi connectivity index (χ1n) is 8.94. The molecule has 1 amide bonds. The van der Waals surface area contributed by atoms with Crippen molar-refractivity contribution in [3.63, 3.8) is 0 Å². The van der Waals surface area contributed by atoms with Crippen LogP contribution in [0.3, 0.4) is 0 Å². The van der Waals surface area contributed by atoms with Crippen LogP contribution in [0.4, 0.5) is 10.1 Å². The molecule has 146 valence electrons. The fraction of sp³-hybridized carbons (Fsp3) is 0.474. The highest BCUT2D eigenvalue weighted by Crippen LogP contribution is 2.29. The summed E-state index contributed by atoms with van der Waals surface area (Å²) < 4.78 is 24.1. The lowest BCUT2D eigenvalue weighted by atomic mass is 10.2. The SMILES string of the molecule is COC(=O)c1[nH]c2ccc(F)cc2c1NC(=O)CCN1C[C@H](C)O[C@@H](C)C1. The quantitative estimate of drug-likeness (QED) is 0.783. The Labute approximate surface area is 156 Å². The van der Waals surface area contributed by atoms with Gasteiger partial charge in [-0.2, -0.15) is 0 Å². The molecular formula is C19H24FN3O4. The van der Waals surface area contributed by atoms with Crippen molar-refractivity contribution in [2.75, 3.05) is 32.1 Å². The lowest BCUT2D eigenvalue weighted by Crippen LogP contribution is -2.46. The Morgan fingerprint density at radius 2 is 2.04 bits per heavy atom. The molecule has 2 atom stereocenters. The fourth-order valence-electron chi connectivity index (χ4n) is 3.48. The first kappa shape index (κ1) is 19.3. The summed E-state index contributed by atoms with van der Waals surface area (Å²) in [5.41, 5.74) is 0.882. The predicted octanol–water partition coefficient (Wildman–Crippen LogP) is 2.53. The number of rotatable bonds is 5. The van der Waals surface area contributed by atoms with E-state index < -0.39 is 11.8 Å². The van der Waals surface area contributed by atoms with E-state index in [9.17, 15) is 14.0 Å². The Hall–Kier alpha value is -2.45. The molecular weight excluding hydrogens is 353 g/mol. The second-order valence-corrected chi connectivity index (χ2v) is 6.87. The summed E-state index contributed by atoms with van der Waals surface area (Å²) in [6.07, 6.45) is 0.501. The fourth-order valence-corrected chi connectivity index (χ4v) is 3.48. The van der Waals surface area contributed by atoms with Crippen molar-refractivity contribution < 1.29 is 23.5 Å². The number of ether oxygens (including phenoxy) is 2. The van der Waals surface area contributed by atoms with E-state index in [-0.39, 0.29) is 35.9 Å². The number of amides is 1. The van der Waals surface area contributed by atoms with Gasteiger partial charge in [0.05, 0.1) is 25.0 Å². The van der Waals surface area contributed by atoms with Gasteiger partial charge < -0.3 is 19.8 Å². The number of methoxy groups -OCH3 is 1. The summed E-state index contributed by atoms with van der Waals surface area (Å²) in [6.45, 7) is 6.12. The highest BCUT2D eigenvalue weighted by Gasteiger charge is 2.24. The predicted molar refractivity (Wildman–Crippen MR) is 99.3 cm³/mol. The molecule has 1 aromatic carbocycles. The minimum atomic E-state index is -0.627. The number of nitrogens with one attached hydrogen (secondary N) is 2. The molecule has 3 rings (SSSR count). The molecule has 0 saturated carbocycles. The lowest BCUT2D eigenvalue weighted by Gasteiger charge is -2.35. The summed E-state index contributed by atoms with van der Waals surface area (Å²) in [5.74, 6) is -1.33. The Morgan fingerprint density at radius 3 is 2.70 bits per heavy atom. The first-order valence-corrected chi connectivity index (χ1v) is 8.94. The molecule has 0 unspecified atom stereocenters. The summed E-state index contributed by atoms with van der Waals surface area (Å²) in [5, 5.41) is 3.17. The maximum atomic E-state index is 13.6. The van der Waals surface area contributed by atoms with Gasteiger partial charge >= 0.3 is 5.97 Å². The van der Waals surface area contributed by atoms with Crippen molar-refractivity contribution in [1.82, 2.24) is 9.88 Å². The molecule has 2 heterocycles. The highest BCUT2D eigenvalue weighted by atomic mass is 19.1. The van der Waals surface area contributed by atoms with Gasteiger partial charge in [-0.25, -0.2) is 9.18 Å². The topological polar surface area (TPSA) is 83.7 Å². The van der Waals surface area contributed by atoms with Gasteiger partial charge in [-0.05, 0) is 32.0 Å². The molecule has 27 heavy (non-hydrogen) atoms. The molecule has 1 saturated heterocycles. The van der Waals surface area contributed by atoms with Crippen LogP contribution in [0, 0.1) is 5.82 Å². The molecule has 2 aromatic rings. The van der Waals surface area contributed by atoms with Gasteiger partial charge in [0, 0.05) is 37.0 Å². The number of H-pyrrole nitrogens is 1. The number of nitrogens with zero attached hydrogens (tertiary/aromatic N) is 1. The molecule has 1 aromatic heterocycles. The van der Waals surface area contributed by atoms with Crippen LogP contribution < -0.4 is 5.32 Å². The second kappa shape index (κ2) is 8.06. The van der Waals surface area contributed by atoms with Crippen molar-refractivity contribution in [1.29, 1.82) is 0 Å². The number of aromatic amines is 1. The summed E-state index contributed by atoms with van der Waals surface area (Å²) in [6, 6.07) is 4.08. The third-order valence-electron chi connectivity index (χ3n) is 4.56. The summed E-state index contributed by atoms with van der Waals surface area (Å²) in [4.78, 5) is 29.6. The number of aromatic nitrogens is 1.